The molecule has 0 spiro atoms. The molecule has 3 rings (SSSR count). The minimum absolute atomic E-state index is 0.260. The van der Waals surface area contributed by atoms with Gasteiger partial charge in [-0.1, -0.05) is 24.3 Å². The minimum Gasteiger partial charge on any atom is -0.497 e. The van der Waals surface area contributed by atoms with E-state index in [4.69, 9.17) is 14.9 Å². The highest BCUT2D eigenvalue weighted by atomic mass is 16.5. The Balaban J connectivity index is 2.12. The van der Waals surface area contributed by atoms with Crippen LogP contribution in [0.5, 0.6) is 5.75 Å². The Morgan fingerprint density at radius 3 is 2.57 bits per heavy atom. The molecule has 1 unspecified atom stereocenters. The number of nitrogens with two attached hydrogens (primary N) is 1. The van der Waals surface area contributed by atoms with E-state index >= 15 is 0 Å². The van der Waals surface area contributed by atoms with Gasteiger partial charge in [-0.15, -0.1) is 0 Å². The number of hydrogen-bond acceptors (Lipinski definition) is 3. The first-order valence-electron chi connectivity index (χ1n) is 7.00. The summed E-state index contributed by atoms with van der Waals surface area (Å²) in [4.78, 5) is 0. The van der Waals surface area contributed by atoms with E-state index in [0.29, 0.717) is 0 Å². The molecule has 1 aromatic heterocycles. The lowest BCUT2D eigenvalue weighted by molar-refractivity contribution is 0.414. The third-order valence-corrected chi connectivity index (χ3v) is 3.99. The second-order valence-corrected chi connectivity index (χ2v) is 5.29. The van der Waals surface area contributed by atoms with Gasteiger partial charge in [-0.25, -0.2) is 0 Å². The first kappa shape index (κ1) is 13.7. The van der Waals surface area contributed by atoms with Gasteiger partial charge in [-0.2, -0.15) is 0 Å². The van der Waals surface area contributed by atoms with Gasteiger partial charge in [0.25, 0.3) is 0 Å². The predicted molar refractivity (Wildman–Crippen MR) is 84.7 cm³/mol. The van der Waals surface area contributed by atoms with Crippen molar-refractivity contribution in [3.05, 3.63) is 64.9 Å². The number of ether oxygens (including phenoxy) is 1. The molecule has 0 aliphatic rings. The highest BCUT2D eigenvalue weighted by Gasteiger charge is 2.20. The fourth-order valence-electron chi connectivity index (χ4n) is 2.73. The molecule has 108 valence electrons. The Morgan fingerprint density at radius 1 is 1.10 bits per heavy atom. The van der Waals surface area contributed by atoms with Crippen LogP contribution in [0.3, 0.4) is 0 Å². The smallest absolute Gasteiger partial charge is 0.138 e. The van der Waals surface area contributed by atoms with Crippen LogP contribution in [0.1, 0.15) is 28.5 Å². The highest BCUT2D eigenvalue weighted by Crippen LogP contribution is 2.34. The first-order valence-corrected chi connectivity index (χ1v) is 7.00. The maximum atomic E-state index is 6.43. The summed E-state index contributed by atoms with van der Waals surface area (Å²) in [7, 11) is 1.65. The van der Waals surface area contributed by atoms with Gasteiger partial charge in [0.15, 0.2) is 0 Å². The summed E-state index contributed by atoms with van der Waals surface area (Å²) in [5.74, 6) is 1.60. The monoisotopic (exact) mass is 281 g/mol. The van der Waals surface area contributed by atoms with Gasteiger partial charge in [0.1, 0.15) is 17.1 Å². The van der Waals surface area contributed by atoms with E-state index < -0.39 is 0 Å². The van der Waals surface area contributed by atoms with Gasteiger partial charge >= 0.3 is 0 Å². The van der Waals surface area contributed by atoms with E-state index in [1.165, 1.54) is 5.56 Å². The molecule has 3 nitrogen and oxygen atoms in total. The summed E-state index contributed by atoms with van der Waals surface area (Å²) in [5, 5.41) is 1.08. The standard InChI is InChI=1S/C18H19NO2/c1-11-6-4-5-7-14(11)17(19)18-12(2)15-9-8-13(20-3)10-16(15)21-18/h4-10,17H,19H2,1-3H3. The molecule has 1 heterocycles. The van der Waals surface area contributed by atoms with Crippen LogP contribution >= 0.6 is 0 Å². The SMILES string of the molecule is COc1ccc2c(C)c(C(N)c3ccccc3C)oc2c1. The van der Waals surface area contributed by atoms with Crippen molar-refractivity contribution in [2.75, 3.05) is 7.11 Å². The molecule has 2 N–H and O–H groups in total. The normalized spacial score (nSPS) is 12.6. The van der Waals surface area contributed by atoms with Crippen molar-refractivity contribution in [3.63, 3.8) is 0 Å². The Labute approximate surface area is 124 Å². The largest absolute Gasteiger partial charge is 0.497 e. The van der Waals surface area contributed by atoms with Gasteiger partial charge in [-0.05, 0) is 37.1 Å². The molecule has 21 heavy (non-hydrogen) atoms. The second-order valence-electron chi connectivity index (χ2n) is 5.29. The molecule has 1 atom stereocenters. The molecular weight excluding hydrogens is 262 g/mol. The molecule has 3 heteroatoms. The number of hydrogen-bond donors (Lipinski definition) is 1. The van der Waals surface area contributed by atoms with Crippen molar-refractivity contribution in [2.45, 2.75) is 19.9 Å². The van der Waals surface area contributed by atoms with Gasteiger partial charge in [-0.3, -0.25) is 0 Å². The summed E-state index contributed by atoms with van der Waals surface area (Å²) in [6.45, 7) is 4.11. The molecule has 0 saturated carbocycles. The van der Waals surface area contributed by atoms with E-state index in [1.54, 1.807) is 7.11 Å². The molecule has 0 aliphatic heterocycles. The van der Waals surface area contributed by atoms with Crippen LogP contribution < -0.4 is 10.5 Å². The second kappa shape index (κ2) is 5.26. The number of aryl methyl sites for hydroxylation is 2. The Hall–Kier alpha value is -2.26. The number of furan rings is 1. The van der Waals surface area contributed by atoms with Crippen molar-refractivity contribution in [1.82, 2.24) is 0 Å². The zero-order valence-electron chi connectivity index (χ0n) is 12.5. The van der Waals surface area contributed by atoms with Crippen molar-refractivity contribution < 1.29 is 9.15 Å². The van der Waals surface area contributed by atoms with Gasteiger partial charge in [0.2, 0.25) is 0 Å². The van der Waals surface area contributed by atoms with Gasteiger partial charge in [0.05, 0.1) is 13.2 Å². The maximum Gasteiger partial charge on any atom is 0.138 e. The lowest BCUT2D eigenvalue weighted by Crippen LogP contribution is -2.13. The van der Waals surface area contributed by atoms with Crippen molar-refractivity contribution in [1.29, 1.82) is 0 Å². The predicted octanol–water partition coefficient (Wildman–Crippen LogP) is 4.11. The maximum absolute atomic E-state index is 6.43. The number of methoxy groups -OCH3 is 1. The van der Waals surface area contributed by atoms with Gasteiger partial charge in [0, 0.05) is 17.0 Å². The molecular formula is C18H19NO2. The molecule has 0 fully saturated rings. The summed E-state index contributed by atoms with van der Waals surface area (Å²) in [6, 6.07) is 13.7. The topological polar surface area (TPSA) is 48.4 Å². The van der Waals surface area contributed by atoms with E-state index in [9.17, 15) is 0 Å². The average molecular weight is 281 g/mol. The zero-order chi connectivity index (χ0) is 15.0. The van der Waals surface area contributed by atoms with Crippen LogP contribution in [0.25, 0.3) is 11.0 Å². The van der Waals surface area contributed by atoms with Crippen molar-refractivity contribution >= 4 is 11.0 Å². The highest BCUT2D eigenvalue weighted by molar-refractivity contribution is 5.83. The zero-order valence-corrected chi connectivity index (χ0v) is 12.5. The van der Waals surface area contributed by atoms with Crippen LogP contribution in [0.15, 0.2) is 46.9 Å². The van der Waals surface area contributed by atoms with Crippen LogP contribution in [0, 0.1) is 13.8 Å². The van der Waals surface area contributed by atoms with E-state index in [-0.39, 0.29) is 6.04 Å². The summed E-state index contributed by atoms with van der Waals surface area (Å²) in [5.41, 5.74) is 10.6. The Morgan fingerprint density at radius 2 is 1.86 bits per heavy atom. The van der Waals surface area contributed by atoms with Crippen LogP contribution in [-0.4, -0.2) is 7.11 Å². The first-order chi connectivity index (χ1) is 10.1. The summed E-state index contributed by atoms with van der Waals surface area (Å²) < 4.78 is 11.3. The van der Waals surface area contributed by atoms with E-state index in [0.717, 1.165) is 33.6 Å². The molecule has 0 radical (unpaired) electrons. The van der Waals surface area contributed by atoms with E-state index in [2.05, 4.69) is 13.0 Å². The van der Waals surface area contributed by atoms with Crippen molar-refractivity contribution in [2.24, 2.45) is 5.73 Å². The molecule has 0 amide bonds. The number of rotatable bonds is 3. The number of benzene rings is 2. The van der Waals surface area contributed by atoms with Crippen LogP contribution in [-0.2, 0) is 0 Å². The fraction of sp³-hybridized carbons (Fsp3) is 0.222. The van der Waals surface area contributed by atoms with Crippen molar-refractivity contribution in [3.8, 4) is 5.75 Å². The molecule has 0 aliphatic carbocycles. The third kappa shape index (κ3) is 2.30. The lowest BCUT2D eigenvalue weighted by atomic mass is 9.98. The van der Waals surface area contributed by atoms with Gasteiger partial charge < -0.3 is 14.9 Å². The lowest BCUT2D eigenvalue weighted by Gasteiger charge is -2.13. The minimum atomic E-state index is -0.260. The average Bonchev–Trinajstić information content (AvgIpc) is 2.83. The third-order valence-electron chi connectivity index (χ3n) is 3.99. The molecule has 3 aromatic rings. The van der Waals surface area contributed by atoms with Crippen LogP contribution in [0.4, 0.5) is 0 Å². The Kier molecular flexibility index (Phi) is 3.43. The quantitative estimate of drug-likeness (QED) is 0.786. The van der Waals surface area contributed by atoms with E-state index in [1.807, 2.05) is 43.3 Å². The fourth-order valence-corrected chi connectivity index (χ4v) is 2.73. The van der Waals surface area contributed by atoms with Crippen LogP contribution in [0.2, 0.25) is 0 Å². The Bertz CT molecular complexity index is 789. The summed E-state index contributed by atoms with van der Waals surface area (Å²) in [6.07, 6.45) is 0. The summed E-state index contributed by atoms with van der Waals surface area (Å²) >= 11 is 0. The molecule has 0 saturated heterocycles. The molecule has 2 aromatic carbocycles. The number of fused-ring (bicyclic) bond motifs is 1. The molecule has 0 bridgehead atoms.